The van der Waals surface area contributed by atoms with Crippen molar-refractivity contribution in [3.8, 4) is 0 Å². The van der Waals surface area contributed by atoms with E-state index in [1.807, 2.05) is 0 Å². The van der Waals surface area contributed by atoms with Gasteiger partial charge in [0.1, 0.15) is 0 Å². The normalized spacial score (nSPS) is 11.9. The summed E-state index contributed by atoms with van der Waals surface area (Å²) in [5.74, 6) is -0.640. The maximum atomic E-state index is 12.9. The Morgan fingerprint density at radius 1 is 1.15 bits per heavy atom. The van der Waals surface area contributed by atoms with Crippen LogP contribution >= 0.6 is 11.6 Å². The highest BCUT2D eigenvalue weighted by Crippen LogP contribution is 2.25. The summed E-state index contributed by atoms with van der Waals surface area (Å²) in [5.41, 5.74) is -0.197. The first kappa shape index (κ1) is 17.6. The summed E-state index contributed by atoms with van der Waals surface area (Å²) in [6.45, 7) is 0. The molecule has 0 bridgehead atoms. The zero-order valence-corrected chi connectivity index (χ0v) is 14.3. The standard InChI is InChI=1S/C18H13ClN2O5/c1-26-18(23)16(11-5-7-12(19)8-6-11)20-10-9-13-14(17(20)22)3-2-4-15(13)21(24)25/h2-10,16H,1H3. The van der Waals surface area contributed by atoms with Crippen molar-refractivity contribution in [1.29, 1.82) is 0 Å². The van der Waals surface area contributed by atoms with Gasteiger partial charge in [-0.2, -0.15) is 0 Å². The maximum absolute atomic E-state index is 12.9. The van der Waals surface area contributed by atoms with Gasteiger partial charge in [-0.05, 0) is 29.8 Å². The van der Waals surface area contributed by atoms with E-state index in [0.29, 0.717) is 10.6 Å². The number of aromatic nitrogens is 1. The predicted molar refractivity (Wildman–Crippen MR) is 96.5 cm³/mol. The first-order chi connectivity index (χ1) is 12.4. The molecule has 3 rings (SSSR count). The Balaban J connectivity index is 2.25. The predicted octanol–water partition coefficient (Wildman–Crippen LogP) is 3.33. The van der Waals surface area contributed by atoms with Crippen LogP contribution in [0.2, 0.25) is 5.02 Å². The second kappa shape index (κ2) is 6.97. The van der Waals surface area contributed by atoms with Crippen LogP contribution in [0, 0.1) is 10.1 Å². The van der Waals surface area contributed by atoms with E-state index in [0.717, 1.165) is 0 Å². The molecule has 0 N–H and O–H groups in total. The summed E-state index contributed by atoms with van der Waals surface area (Å²) in [6.07, 6.45) is 1.36. The number of rotatable bonds is 4. The molecule has 1 unspecified atom stereocenters. The number of nitrogens with zero attached hydrogens (tertiary/aromatic N) is 2. The average Bonchev–Trinajstić information content (AvgIpc) is 2.64. The molecule has 0 aliphatic carbocycles. The average molecular weight is 373 g/mol. The van der Waals surface area contributed by atoms with Gasteiger partial charge in [-0.1, -0.05) is 29.8 Å². The molecule has 0 spiro atoms. The minimum absolute atomic E-state index is 0.143. The van der Waals surface area contributed by atoms with Crippen molar-refractivity contribution < 1.29 is 14.5 Å². The van der Waals surface area contributed by atoms with Crippen molar-refractivity contribution in [1.82, 2.24) is 4.57 Å². The van der Waals surface area contributed by atoms with E-state index in [4.69, 9.17) is 16.3 Å². The molecule has 0 aliphatic heterocycles. The second-order valence-corrected chi connectivity index (χ2v) is 5.94. The number of hydrogen-bond donors (Lipinski definition) is 0. The van der Waals surface area contributed by atoms with Crippen LogP contribution in [0.3, 0.4) is 0 Å². The largest absolute Gasteiger partial charge is 0.467 e. The lowest BCUT2D eigenvalue weighted by Gasteiger charge is -2.18. The molecule has 1 atom stereocenters. The molecule has 3 aromatic rings. The van der Waals surface area contributed by atoms with Gasteiger partial charge in [0.2, 0.25) is 0 Å². The lowest BCUT2D eigenvalue weighted by Crippen LogP contribution is -2.31. The summed E-state index contributed by atoms with van der Waals surface area (Å²) in [5, 5.41) is 12.0. The van der Waals surface area contributed by atoms with Crippen LogP contribution in [0.5, 0.6) is 0 Å². The highest BCUT2D eigenvalue weighted by Gasteiger charge is 2.26. The minimum atomic E-state index is -1.03. The third-order valence-corrected chi connectivity index (χ3v) is 4.29. The first-order valence-corrected chi connectivity index (χ1v) is 7.93. The van der Waals surface area contributed by atoms with Crippen LogP contribution < -0.4 is 5.56 Å². The third kappa shape index (κ3) is 3.04. The molecule has 8 heteroatoms. The van der Waals surface area contributed by atoms with Gasteiger partial charge in [0.15, 0.2) is 6.04 Å². The molecule has 132 valence electrons. The van der Waals surface area contributed by atoms with Crippen LogP contribution in [-0.4, -0.2) is 22.6 Å². The van der Waals surface area contributed by atoms with Crippen molar-refractivity contribution in [2.45, 2.75) is 6.04 Å². The highest BCUT2D eigenvalue weighted by atomic mass is 35.5. The summed E-state index contributed by atoms with van der Waals surface area (Å²) in [4.78, 5) is 35.9. The number of nitro groups is 1. The van der Waals surface area contributed by atoms with E-state index >= 15 is 0 Å². The summed E-state index contributed by atoms with van der Waals surface area (Å²) in [6, 6.07) is 11.1. The fourth-order valence-corrected chi connectivity index (χ4v) is 2.93. The molecule has 0 radical (unpaired) electrons. The Bertz CT molecular complexity index is 1060. The number of carbonyl (C=O) groups is 1. The van der Waals surface area contributed by atoms with E-state index in [-0.39, 0.29) is 16.5 Å². The number of hydrogen-bond acceptors (Lipinski definition) is 5. The van der Waals surface area contributed by atoms with Crippen molar-refractivity contribution in [2.75, 3.05) is 7.11 Å². The van der Waals surface area contributed by atoms with E-state index in [2.05, 4.69) is 0 Å². The maximum Gasteiger partial charge on any atom is 0.333 e. The number of carbonyl (C=O) groups excluding carboxylic acids is 1. The number of fused-ring (bicyclic) bond motifs is 1. The minimum Gasteiger partial charge on any atom is -0.467 e. The monoisotopic (exact) mass is 372 g/mol. The number of ether oxygens (including phenoxy) is 1. The summed E-state index contributed by atoms with van der Waals surface area (Å²) in [7, 11) is 1.22. The van der Waals surface area contributed by atoms with Crippen LogP contribution in [0.15, 0.2) is 59.5 Å². The molecule has 26 heavy (non-hydrogen) atoms. The Labute approximate surface area is 152 Å². The zero-order chi connectivity index (χ0) is 18.8. The van der Waals surface area contributed by atoms with Crippen LogP contribution in [0.1, 0.15) is 11.6 Å². The van der Waals surface area contributed by atoms with E-state index in [1.54, 1.807) is 24.3 Å². The molecule has 0 saturated heterocycles. The summed E-state index contributed by atoms with van der Waals surface area (Å²) < 4.78 is 6.04. The number of pyridine rings is 1. The van der Waals surface area contributed by atoms with E-state index in [1.165, 1.54) is 42.1 Å². The molecular weight excluding hydrogens is 360 g/mol. The molecule has 1 aromatic heterocycles. The third-order valence-electron chi connectivity index (χ3n) is 4.03. The van der Waals surface area contributed by atoms with Crippen LogP contribution in [0.25, 0.3) is 10.8 Å². The van der Waals surface area contributed by atoms with Crippen LogP contribution in [-0.2, 0) is 9.53 Å². The van der Waals surface area contributed by atoms with Crippen molar-refractivity contribution in [3.05, 3.63) is 85.8 Å². The number of methoxy groups -OCH3 is 1. The fraction of sp³-hybridized carbons (Fsp3) is 0.111. The Morgan fingerprint density at radius 3 is 2.46 bits per heavy atom. The zero-order valence-electron chi connectivity index (χ0n) is 13.6. The molecule has 0 aliphatic rings. The fourth-order valence-electron chi connectivity index (χ4n) is 2.81. The number of benzene rings is 2. The molecule has 2 aromatic carbocycles. The molecule has 0 saturated carbocycles. The summed E-state index contributed by atoms with van der Waals surface area (Å²) >= 11 is 5.88. The van der Waals surface area contributed by atoms with E-state index in [9.17, 15) is 19.7 Å². The lowest BCUT2D eigenvalue weighted by atomic mass is 10.1. The number of halogens is 1. The molecule has 0 amide bonds. The van der Waals surface area contributed by atoms with Gasteiger partial charge in [-0.15, -0.1) is 0 Å². The van der Waals surface area contributed by atoms with Gasteiger partial charge in [0.25, 0.3) is 11.2 Å². The highest BCUT2D eigenvalue weighted by molar-refractivity contribution is 6.30. The Kier molecular flexibility index (Phi) is 4.73. The van der Waals surface area contributed by atoms with Crippen molar-refractivity contribution in [3.63, 3.8) is 0 Å². The van der Waals surface area contributed by atoms with E-state index < -0.39 is 22.5 Å². The number of non-ortho nitro benzene ring substituents is 1. The van der Waals surface area contributed by atoms with Crippen LogP contribution in [0.4, 0.5) is 5.69 Å². The van der Waals surface area contributed by atoms with Crippen molar-refractivity contribution in [2.24, 2.45) is 0 Å². The molecule has 7 nitrogen and oxygen atoms in total. The Morgan fingerprint density at radius 2 is 1.85 bits per heavy atom. The van der Waals surface area contributed by atoms with Gasteiger partial charge in [-0.25, -0.2) is 4.79 Å². The van der Waals surface area contributed by atoms with Gasteiger partial charge in [0, 0.05) is 17.3 Å². The number of esters is 1. The van der Waals surface area contributed by atoms with Crippen molar-refractivity contribution >= 4 is 34.0 Å². The number of nitro benzene ring substituents is 1. The van der Waals surface area contributed by atoms with Gasteiger partial charge in [-0.3, -0.25) is 19.5 Å². The molecular formula is C18H13ClN2O5. The quantitative estimate of drug-likeness (QED) is 0.398. The lowest BCUT2D eigenvalue weighted by molar-refractivity contribution is -0.383. The first-order valence-electron chi connectivity index (χ1n) is 7.55. The topological polar surface area (TPSA) is 91.4 Å². The molecule has 0 fully saturated rings. The SMILES string of the molecule is COC(=O)C(c1ccc(Cl)cc1)n1ccc2c([N+](=O)[O-])cccc2c1=O. The molecule has 1 heterocycles. The van der Waals surface area contributed by atoms with Gasteiger partial charge >= 0.3 is 5.97 Å². The van der Waals surface area contributed by atoms with Gasteiger partial charge < -0.3 is 4.74 Å². The van der Waals surface area contributed by atoms with Gasteiger partial charge in [0.05, 0.1) is 22.8 Å². The Hall–Kier alpha value is -3.19. The second-order valence-electron chi connectivity index (χ2n) is 5.50. The smallest absolute Gasteiger partial charge is 0.333 e.